The highest BCUT2D eigenvalue weighted by atomic mass is 79.9. The first kappa shape index (κ1) is 10.4. The van der Waals surface area contributed by atoms with Crippen molar-refractivity contribution in [3.63, 3.8) is 0 Å². The van der Waals surface area contributed by atoms with Gasteiger partial charge in [-0.05, 0) is 6.92 Å². The number of hydrogen-bond donors (Lipinski definition) is 0. The molecular weight excluding hydrogens is 224 g/mol. The minimum absolute atomic E-state index is 0.199. The topological polar surface area (TPSA) is 27.7 Å². The summed E-state index contributed by atoms with van der Waals surface area (Å²) in [5, 5.41) is 0. The molecule has 12 heavy (non-hydrogen) atoms. The van der Waals surface area contributed by atoms with Crippen molar-refractivity contribution in [2.75, 3.05) is 33.0 Å². The van der Waals surface area contributed by atoms with Gasteiger partial charge in [0.25, 0.3) is 0 Å². The molecular formula is C8H15BrO3. The van der Waals surface area contributed by atoms with E-state index >= 15 is 0 Å². The minimum Gasteiger partial charge on any atom is -0.379 e. The van der Waals surface area contributed by atoms with Crippen LogP contribution in [0.2, 0.25) is 0 Å². The summed E-state index contributed by atoms with van der Waals surface area (Å²) in [5.74, 6) is 0. The largest absolute Gasteiger partial charge is 0.379 e. The molecule has 72 valence electrons. The van der Waals surface area contributed by atoms with Crippen LogP contribution >= 0.6 is 15.9 Å². The lowest BCUT2D eigenvalue weighted by Gasteiger charge is -2.12. The molecule has 0 aromatic rings. The Hall–Kier alpha value is 0.360. The number of halogens is 1. The normalized spacial score (nSPS) is 29.5. The molecule has 0 amide bonds. The molecule has 4 heteroatoms. The summed E-state index contributed by atoms with van der Waals surface area (Å²) in [6, 6.07) is 0. The average Bonchev–Trinajstić information content (AvgIpc) is 2.46. The maximum Gasteiger partial charge on any atom is 0.0956 e. The number of hydrogen-bond acceptors (Lipinski definition) is 3. The molecule has 0 aromatic carbocycles. The fourth-order valence-electron chi connectivity index (χ4n) is 1.06. The lowest BCUT2D eigenvalue weighted by atomic mass is 10.3. The second kappa shape index (κ2) is 5.91. The van der Waals surface area contributed by atoms with Crippen LogP contribution in [0.1, 0.15) is 6.92 Å². The van der Waals surface area contributed by atoms with Gasteiger partial charge in [0.2, 0.25) is 0 Å². The van der Waals surface area contributed by atoms with Gasteiger partial charge in [-0.2, -0.15) is 0 Å². The first-order valence-electron chi connectivity index (χ1n) is 4.25. The molecule has 0 aromatic heterocycles. The van der Waals surface area contributed by atoms with Crippen LogP contribution in [-0.2, 0) is 14.2 Å². The fourth-order valence-corrected chi connectivity index (χ4v) is 1.56. The van der Waals surface area contributed by atoms with Crippen molar-refractivity contribution in [3.8, 4) is 0 Å². The van der Waals surface area contributed by atoms with E-state index in [0.717, 1.165) is 13.2 Å². The fraction of sp³-hybridized carbons (Fsp3) is 1.00. The van der Waals surface area contributed by atoms with Crippen molar-refractivity contribution in [2.45, 2.75) is 17.9 Å². The van der Waals surface area contributed by atoms with Gasteiger partial charge in [0.1, 0.15) is 0 Å². The Morgan fingerprint density at radius 2 is 2.25 bits per heavy atom. The summed E-state index contributed by atoms with van der Waals surface area (Å²) in [6.45, 7) is 5.51. The molecule has 0 bridgehead atoms. The van der Waals surface area contributed by atoms with Gasteiger partial charge >= 0.3 is 0 Å². The van der Waals surface area contributed by atoms with Gasteiger partial charge in [-0.15, -0.1) is 0 Å². The van der Waals surface area contributed by atoms with Gasteiger partial charge in [0.15, 0.2) is 0 Å². The van der Waals surface area contributed by atoms with Crippen LogP contribution in [0.15, 0.2) is 0 Å². The smallest absolute Gasteiger partial charge is 0.0956 e. The van der Waals surface area contributed by atoms with Gasteiger partial charge in [-0.1, -0.05) is 15.9 Å². The SMILES string of the molecule is CCOCCOC1COCC1Br. The van der Waals surface area contributed by atoms with Crippen molar-refractivity contribution in [2.24, 2.45) is 0 Å². The van der Waals surface area contributed by atoms with Gasteiger partial charge in [-0.3, -0.25) is 0 Å². The Morgan fingerprint density at radius 3 is 2.83 bits per heavy atom. The summed E-state index contributed by atoms with van der Waals surface area (Å²) < 4.78 is 15.9. The van der Waals surface area contributed by atoms with E-state index in [0.29, 0.717) is 24.6 Å². The van der Waals surface area contributed by atoms with Crippen LogP contribution < -0.4 is 0 Å². The molecule has 1 rings (SSSR count). The lowest BCUT2D eigenvalue weighted by molar-refractivity contribution is 0.00531. The van der Waals surface area contributed by atoms with Crippen LogP contribution in [0.3, 0.4) is 0 Å². The molecule has 1 aliphatic rings. The third kappa shape index (κ3) is 3.39. The standard InChI is InChI=1S/C8H15BrO3/c1-2-10-3-4-12-8-6-11-5-7(8)9/h7-8H,2-6H2,1H3. The Morgan fingerprint density at radius 1 is 1.42 bits per heavy atom. The maximum atomic E-state index is 5.52. The molecule has 3 nitrogen and oxygen atoms in total. The van der Waals surface area contributed by atoms with Crippen LogP contribution in [0.4, 0.5) is 0 Å². The van der Waals surface area contributed by atoms with E-state index in [-0.39, 0.29) is 6.10 Å². The molecule has 2 atom stereocenters. The van der Waals surface area contributed by atoms with E-state index in [1.165, 1.54) is 0 Å². The lowest BCUT2D eigenvalue weighted by Crippen LogP contribution is -2.24. The van der Waals surface area contributed by atoms with E-state index < -0.39 is 0 Å². The predicted molar refractivity (Wildman–Crippen MR) is 49.8 cm³/mol. The van der Waals surface area contributed by atoms with E-state index in [9.17, 15) is 0 Å². The van der Waals surface area contributed by atoms with Gasteiger partial charge < -0.3 is 14.2 Å². The summed E-state index contributed by atoms with van der Waals surface area (Å²) >= 11 is 3.48. The molecule has 0 spiro atoms. The second-order valence-electron chi connectivity index (χ2n) is 2.66. The third-order valence-corrected chi connectivity index (χ3v) is 2.58. The van der Waals surface area contributed by atoms with E-state index in [4.69, 9.17) is 14.2 Å². The Labute approximate surface area is 81.5 Å². The Bertz CT molecular complexity index is 121. The summed E-state index contributed by atoms with van der Waals surface area (Å²) in [6.07, 6.45) is 0.199. The number of alkyl halides is 1. The van der Waals surface area contributed by atoms with Crippen molar-refractivity contribution in [1.29, 1.82) is 0 Å². The number of rotatable bonds is 5. The van der Waals surface area contributed by atoms with Crippen LogP contribution in [0.25, 0.3) is 0 Å². The number of ether oxygens (including phenoxy) is 3. The zero-order valence-electron chi connectivity index (χ0n) is 7.29. The Kier molecular flexibility index (Phi) is 5.14. The molecule has 1 heterocycles. The minimum atomic E-state index is 0.199. The molecule has 2 unspecified atom stereocenters. The summed E-state index contributed by atoms with van der Waals surface area (Å²) in [4.78, 5) is 0.346. The zero-order valence-corrected chi connectivity index (χ0v) is 8.88. The molecule has 1 fully saturated rings. The van der Waals surface area contributed by atoms with Crippen molar-refractivity contribution in [1.82, 2.24) is 0 Å². The van der Waals surface area contributed by atoms with E-state index in [1.807, 2.05) is 6.92 Å². The summed E-state index contributed by atoms with van der Waals surface area (Å²) in [5.41, 5.74) is 0. The van der Waals surface area contributed by atoms with Crippen molar-refractivity contribution >= 4 is 15.9 Å². The monoisotopic (exact) mass is 238 g/mol. The van der Waals surface area contributed by atoms with Gasteiger partial charge in [0.05, 0.1) is 37.4 Å². The first-order valence-corrected chi connectivity index (χ1v) is 5.17. The highest BCUT2D eigenvalue weighted by Crippen LogP contribution is 2.16. The van der Waals surface area contributed by atoms with E-state index in [2.05, 4.69) is 15.9 Å². The van der Waals surface area contributed by atoms with Crippen LogP contribution in [0, 0.1) is 0 Å². The zero-order chi connectivity index (χ0) is 8.81. The van der Waals surface area contributed by atoms with Gasteiger partial charge in [-0.25, -0.2) is 0 Å². The van der Waals surface area contributed by atoms with Crippen molar-refractivity contribution in [3.05, 3.63) is 0 Å². The average molecular weight is 239 g/mol. The highest BCUT2D eigenvalue weighted by molar-refractivity contribution is 9.09. The van der Waals surface area contributed by atoms with Crippen LogP contribution in [0.5, 0.6) is 0 Å². The Balaban J connectivity index is 1.98. The molecule has 0 saturated carbocycles. The third-order valence-electron chi connectivity index (χ3n) is 1.73. The maximum absolute atomic E-state index is 5.52. The molecule has 0 radical (unpaired) electrons. The second-order valence-corrected chi connectivity index (χ2v) is 3.84. The van der Waals surface area contributed by atoms with E-state index in [1.54, 1.807) is 0 Å². The van der Waals surface area contributed by atoms with Crippen LogP contribution in [-0.4, -0.2) is 44.0 Å². The predicted octanol–water partition coefficient (Wildman–Crippen LogP) is 1.20. The molecule has 0 N–H and O–H groups in total. The first-order chi connectivity index (χ1) is 5.84. The molecule has 1 saturated heterocycles. The quantitative estimate of drug-likeness (QED) is 0.533. The molecule has 1 aliphatic heterocycles. The molecule has 0 aliphatic carbocycles. The van der Waals surface area contributed by atoms with Crippen molar-refractivity contribution < 1.29 is 14.2 Å². The van der Waals surface area contributed by atoms with Gasteiger partial charge in [0, 0.05) is 6.61 Å². The summed E-state index contributed by atoms with van der Waals surface area (Å²) in [7, 11) is 0. The highest BCUT2D eigenvalue weighted by Gasteiger charge is 2.26.